The lowest BCUT2D eigenvalue weighted by atomic mass is 10.1. The smallest absolute Gasteiger partial charge is 0.200 e. The maximum atomic E-state index is 13.8. The molecule has 0 bridgehead atoms. The maximum Gasteiger partial charge on any atom is 0.200 e. The highest BCUT2D eigenvalue weighted by Crippen LogP contribution is 2.24. The van der Waals surface area contributed by atoms with E-state index in [1.807, 2.05) is 31.2 Å². The van der Waals surface area contributed by atoms with Gasteiger partial charge in [0.05, 0.1) is 12.1 Å². The molecule has 152 valence electrons. The van der Waals surface area contributed by atoms with Crippen LogP contribution in [-0.2, 0) is 13.0 Å². The van der Waals surface area contributed by atoms with Crippen LogP contribution in [0.4, 0.5) is 33.5 Å². The molecule has 3 rings (SSSR count). The van der Waals surface area contributed by atoms with E-state index in [0.29, 0.717) is 0 Å². The summed E-state index contributed by atoms with van der Waals surface area (Å²) in [4.78, 5) is 0. The summed E-state index contributed by atoms with van der Waals surface area (Å²) in [5.41, 5.74) is 0.885. The average Bonchev–Trinajstić information content (AvgIpc) is 3.15. The summed E-state index contributed by atoms with van der Waals surface area (Å²) in [6.45, 7) is 1.35. The van der Waals surface area contributed by atoms with E-state index in [1.54, 1.807) is 0 Å². The monoisotopic (exact) mass is 426 g/mol. The van der Waals surface area contributed by atoms with Crippen LogP contribution in [0.1, 0.15) is 18.1 Å². The number of hydrogen-bond acceptors (Lipinski definition) is 2. The van der Waals surface area contributed by atoms with Crippen LogP contribution < -0.4 is 10.6 Å². The summed E-state index contributed by atoms with van der Waals surface area (Å²) in [5.74, 6) is -9.73. The van der Waals surface area contributed by atoms with Crippen LogP contribution in [0.3, 0.4) is 0 Å². The molecule has 1 aromatic heterocycles. The molecule has 4 nitrogen and oxygen atoms in total. The first-order chi connectivity index (χ1) is 13.8. The fraction of sp³-hybridized carbons (Fsp3) is 0.158. The fourth-order valence-corrected chi connectivity index (χ4v) is 2.90. The van der Waals surface area contributed by atoms with Crippen molar-refractivity contribution >= 4 is 28.8 Å². The molecule has 1 heterocycles. The van der Waals surface area contributed by atoms with Crippen molar-refractivity contribution in [1.82, 2.24) is 9.78 Å². The summed E-state index contributed by atoms with van der Waals surface area (Å²) >= 11 is 5.22. The number of para-hydroxylation sites is 1. The number of aryl methyl sites for hydroxylation is 1. The lowest BCUT2D eigenvalue weighted by Gasteiger charge is -2.12. The van der Waals surface area contributed by atoms with E-state index in [2.05, 4.69) is 15.7 Å². The second-order valence-electron chi connectivity index (χ2n) is 6.04. The molecule has 0 fully saturated rings. The van der Waals surface area contributed by atoms with E-state index >= 15 is 0 Å². The molecule has 0 aliphatic heterocycles. The minimum Gasteiger partial charge on any atom is -0.332 e. The van der Waals surface area contributed by atoms with Gasteiger partial charge in [-0.2, -0.15) is 5.10 Å². The minimum atomic E-state index is -2.20. The first-order valence-electron chi connectivity index (χ1n) is 8.51. The van der Waals surface area contributed by atoms with E-state index in [9.17, 15) is 22.0 Å². The van der Waals surface area contributed by atoms with Crippen LogP contribution in [0.25, 0.3) is 0 Å². The Labute approximate surface area is 168 Å². The number of thiocarbonyl (C=S) groups is 1. The molecule has 10 heteroatoms. The highest BCUT2D eigenvalue weighted by molar-refractivity contribution is 7.80. The van der Waals surface area contributed by atoms with Crippen LogP contribution in [0.15, 0.2) is 36.5 Å². The highest BCUT2D eigenvalue weighted by Gasteiger charge is 2.25. The van der Waals surface area contributed by atoms with Gasteiger partial charge in [0.25, 0.3) is 0 Å². The van der Waals surface area contributed by atoms with Crippen molar-refractivity contribution in [3.05, 3.63) is 76.7 Å². The third-order valence-corrected chi connectivity index (χ3v) is 4.35. The van der Waals surface area contributed by atoms with Gasteiger partial charge in [-0.25, -0.2) is 22.0 Å². The molecule has 29 heavy (non-hydrogen) atoms. The zero-order chi connectivity index (χ0) is 21.1. The Morgan fingerprint density at radius 2 is 1.55 bits per heavy atom. The van der Waals surface area contributed by atoms with Crippen LogP contribution in [0, 0.1) is 29.1 Å². The van der Waals surface area contributed by atoms with Crippen molar-refractivity contribution in [3.8, 4) is 0 Å². The predicted octanol–water partition coefficient (Wildman–Crippen LogP) is 5.00. The van der Waals surface area contributed by atoms with Gasteiger partial charge in [0.1, 0.15) is 0 Å². The fourth-order valence-electron chi connectivity index (χ4n) is 2.69. The van der Waals surface area contributed by atoms with Crippen LogP contribution in [0.5, 0.6) is 0 Å². The van der Waals surface area contributed by atoms with Gasteiger partial charge in [-0.3, -0.25) is 4.68 Å². The van der Waals surface area contributed by atoms with Crippen molar-refractivity contribution in [3.63, 3.8) is 0 Å². The molecule has 3 aromatic rings. The average molecular weight is 426 g/mol. The zero-order valence-corrected chi connectivity index (χ0v) is 15.9. The summed E-state index contributed by atoms with van der Waals surface area (Å²) in [7, 11) is 0. The third kappa shape index (κ3) is 4.37. The molecule has 0 aliphatic rings. The number of nitrogens with zero attached hydrogens (tertiary/aromatic N) is 2. The molecular weight excluding hydrogens is 411 g/mol. The van der Waals surface area contributed by atoms with Crippen molar-refractivity contribution in [2.24, 2.45) is 0 Å². The molecule has 0 atom stereocenters. The van der Waals surface area contributed by atoms with E-state index in [0.717, 1.165) is 22.4 Å². The molecule has 0 unspecified atom stereocenters. The first-order valence-corrected chi connectivity index (χ1v) is 8.92. The van der Waals surface area contributed by atoms with E-state index in [1.165, 1.54) is 12.3 Å². The number of anilines is 2. The Kier molecular flexibility index (Phi) is 6.12. The van der Waals surface area contributed by atoms with Gasteiger partial charge in [0.15, 0.2) is 34.2 Å². The normalized spacial score (nSPS) is 10.8. The molecule has 0 aliphatic carbocycles. The van der Waals surface area contributed by atoms with Crippen molar-refractivity contribution in [2.45, 2.75) is 19.9 Å². The first kappa shape index (κ1) is 20.7. The lowest BCUT2D eigenvalue weighted by Crippen LogP contribution is -2.20. The lowest BCUT2D eigenvalue weighted by molar-refractivity contribution is 0.367. The van der Waals surface area contributed by atoms with E-state index in [4.69, 9.17) is 12.2 Å². The summed E-state index contributed by atoms with van der Waals surface area (Å²) < 4.78 is 68.4. The standard InChI is InChI=1S/C19H15F5N4S/c1-2-10-5-3-4-6-12(10)25-19(29)26-13-7-8-28(27-13)9-11-14(20)16(22)18(24)17(23)15(11)21/h3-8H,2,9H2,1H3,(H2,25,26,27,29). The van der Waals surface area contributed by atoms with E-state index in [-0.39, 0.29) is 10.9 Å². The van der Waals surface area contributed by atoms with Crippen LogP contribution in [0.2, 0.25) is 0 Å². The molecule has 0 radical (unpaired) electrons. The SMILES string of the molecule is CCc1ccccc1NC(=S)Nc1ccn(Cc2c(F)c(F)c(F)c(F)c2F)n1. The van der Waals surface area contributed by atoms with Gasteiger partial charge in [-0.05, 0) is 30.3 Å². The van der Waals surface area contributed by atoms with Crippen molar-refractivity contribution in [1.29, 1.82) is 0 Å². The van der Waals surface area contributed by atoms with Gasteiger partial charge in [0, 0.05) is 18.0 Å². The number of hydrogen-bond donors (Lipinski definition) is 2. The van der Waals surface area contributed by atoms with Crippen LogP contribution >= 0.6 is 12.2 Å². The molecular formula is C19H15F5N4S. The Morgan fingerprint density at radius 3 is 2.21 bits per heavy atom. The van der Waals surface area contributed by atoms with E-state index < -0.39 is 41.2 Å². The number of nitrogens with one attached hydrogen (secondary N) is 2. The summed E-state index contributed by atoms with van der Waals surface area (Å²) in [6.07, 6.45) is 2.12. The van der Waals surface area contributed by atoms with Gasteiger partial charge in [-0.15, -0.1) is 0 Å². The maximum absolute atomic E-state index is 13.8. The number of halogens is 5. The molecule has 2 N–H and O–H groups in total. The molecule has 0 saturated carbocycles. The second kappa shape index (κ2) is 8.56. The Bertz CT molecular complexity index is 1040. The molecule has 0 saturated heterocycles. The minimum absolute atomic E-state index is 0.229. The molecule has 0 amide bonds. The number of aromatic nitrogens is 2. The summed E-state index contributed by atoms with van der Waals surface area (Å²) in [6, 6.07) is 9.01. The van der Waals surface area contributed by atoms with Gasteiger partial charge in [-0.1, -0.05) is 25.1 Å². The Hall–Kier alpha value is -3.01. The quantitative estimate of drug-likeness (QED) is 0.261. The third-order valence-electron chi connectivity index (χ3n) is 4.15. The summed E-state index contributed by atoms with van der Waals surface area (Å²) in [5, 5.41) is 10.0. The predicted molar refractivity (Wildman–Crippen MR) is 103 cm³/mol. The Morgan fingerprint density at radius 1 is 0.931 bits per heavy atom. The molecule has 0 spiro atoms. The molecule has 2 aromatic carbocycles. The largest absolute Gasteiger partial charge is 0.332 e. The van der Waals surface area contributed by atoms with Crippen LogP contribution in [-0.4, -0.2) is 14.9 Å². The number of rotatable bonds is 5. The van der Waals surface area contributed by atoms with Crippen molar-refractivity contribution < 1.29 is 22.0 Å². The number of benzene rings is 2. The topological polar surface area (TPSA) is 41.9 Å². The van der Waals surface area contributed by atoms with Gasteiger partial charge in [0.2, 0.25) is 5.82 Å². The highest BCUT2D eigenvalue weighted by atomic mass is 32.1. The second-order valence-corrected chi connectivity index (χ2v) is 6.45. The Balaban J connectivity index is 1.73. The zero-order valence-electron chi connectivity index (χ0n) is 15.1. The van der Waals surface area contributed by atoms with Crippen molar-refractivity contribution in [2.75, 3.05) is 10.6 Å². The van der Waals surface area contributed by atoms with Gasteiger partial charge >= 0.3 is 0 Å². The van der Waals surface area contributed by atoms with Gasteiger partial charge < -0.3 is 10.6 Å².